The first-order valence-corrected chi connectivity index (χ1v) is 31.2. The van der Waals surface area contributed by atoms with Gasteiger partial charge >= 0.3 is 12.2 Å². The Morgan fingerprint density at radius 1 is 0.793 bits per heavy atom. The van der Waals surface area contributed by atoms with Gasteiger partial charge in [0.05, 0.1) is 41.6 Å². The van der Waals surface area contributed by atoms with Gasteiger partial charge in [0.2, 0.25) is 17.6 Å². The minimum atomic E-state index is -0.689. The molecule has 20 heteroatoms. The van der Waals surface area contributed by atoms with Crippen LogP contribution < -0.4 is 26.0 Å². The molecule has 5 amide bonds. The van der Waals surface area contributed by atoms with Crippen LogP contribution in [-0.2, 0) is 31.1 Å². The molecule has 450 valence electrons. The van der Waals surface area contributed by atoms with Crippen molar-refractivity contribution in [3.05, 3.63) is 75.6 Å². The van der Waals surface area contributed by atoms with E-state index in [0.29, 0.717) is 53.0 Å². The maximum atomic E-state index is 14.5. The summed E-state index contributed by atoms with van der Waals surface area (Å²) in [6.45, 7) is 19.0. The maximum absolute atomic E-state index is 14.5. The zero-order valence-corrected chi connectivity index (χ0v) is 51.0. The summed E-state index contributed by atoms with van der Waals surface area (Å²) in [7, 11) is 0. The first-order chi connectivity index (χ1) is 39.1. The number of nitrogens with one attached hydrogen (secondary N) is 4. The van der Waals surface area contributed by atoms with E-state index in [9.17, 15) is 28.8 Å². The van der Waals surface area contributed by atoms with Crippen LogP contribution in [0.2, 0.25) is 0 Å². The van der Waals surface area contributed by atoms with Crippen LogP contribution >= 0.6 is 11.3 Å². The molecule has 3 aliphatic rings. The van der Waals surface area contributed by atoms with Gasteiger partial charge in [-0.2, -0.15) is 10.2 Å². The van der Waals surface area contributed by atoms with Crippen LogP contribution in [-0.4, -0.2) is 109 Å². The molecule has 5 atom stereocenters. The van der Waals surface area contributed by atoms with Crippen LogP contribution in [0.4, 0.5) is 15.4 Å². The van der Waals surface area contributed by atoms with E-state index >= 15 is 0 Å². The van der Waals surface area contributed by atoms with Crippen molar-refractivity contribution < 1.29 is 43.0 Å². The second-order valence-corrected chi connectivity index (χ2v) is 26.0. The van der Waals surface area contributed by atoms with Crippen molar-refractivity contribution in [1.29, 1.82) is 0 Å². The van der Waals surface area contributed by atoms with E-state index in [1.807, 2.05) is 52.5 Å². The molecule has 3 aromatic heterocycles. The summed E-state index contributed by atoms with van der Waals surface area (Å²) in [5, 5.41) is 23.5. The number of alkyl carbamates (subject to hydrolysis) is 2. The van der Waals surface area contributed by atoms with Crippen LogP contribution in [0.25, 0.3) is 0 Å². The molecule has 0 bridgehead atoms. The fraction of sp³-hybridized carbons (Fsp3) is 0.661. The average molecular weight is 1150 g/mol. The van der Waals surface area contributed by atoms with Crippen molar-refractivity contribution >= 4 is 52.8 Å². The lowest BCUT2D eigenvalue weighted by atomic mass is 9.83. The lowest BCUT2D eigenvalue weighted by Crippen LogP contribution is -2.54. The molecule has 1 aromatic carbocycles. The van der Waals surface area contributed by atoms with Gasteiger partial charge in [-0.1, -0.05) is 83.3 Å². The van der Waals surface area contributed by atoms with E-state index in [1.165, 1.54) is 30.6 Å². The first kappa shape index (κ1) is 63.3. The molecule has 19 nitrogen and oxygen atoms in total. The lowest BCUT2D eigenvalue weighted by molar-refractivity contribution is -0.140. The number of ketones is 1. The summed E-state index contributed by atoms with van der Waals surface area (Å²) in [4.78, 5) is 86.4. The SMILES string of the molecule is CC(C)NC(=O)O[C@@H]1CC[C@H](c2cc(NC(=O)c3cnn(CCCCCCCCCCCOc4cccc(C(=O)c5csc([C@@H]6CCCN6C(=O)[C@@H](NC(=O)[C@@H](C)CNC(=O)OC(C)(C)C)C6CCCCC6)n5)c4)c3)n(C(C)(C)C)n2)C1. The number of thiazole rings is 1. The van der Waals surface area contributed by atoms with Gasteiger partial charge in [0, 0.05) is 54.8 Å². The zero-order chi connectivity index (χ0) is 59.0. The molecule has 4 N–H and O–H groups in total. The molecule has 82 heavy (non-hydrogen) atoms. The number of likely N-dealkylation sites (tertiary alicyclic amines) is 1. The number of hydrogen-bond donors (Lipinski definition) is 4. The number of unbranched alkanes of at least 4 members (excludes halogenated alkanes) is 8. The van der Waals surface area contributed by atoms with E-state index in [4.69, 9.17) is 24.3 Å². The van der Waals surface area contributed by atoms with Gasteiger partial charge in [-0.25, -0.2) is 19.3 Å². The number of carbonyl (C=O) groups excluding carboxylic acids is 6. The summed E-state index contributed by atoms with van der Waals surface area (Å²) in [6, 6.07) is 8.24. The highest BCUT2D eigenvalue weighted by atomic mass is 32.1. The van der Waals surface area contributed by atoms with Gasteiger partial charge in [0.1, 0.15) is 40.0 Å². The number of anilines is 1. The average Bonchev–Trinajstić information content (AvgIpc) is 4.38. The summed E-state index contributed by atoms with van der Waals surface area (Å²) in [5.74, 6) is -0.00151. The van der Waals surface area contributed by atoms with Gasteiger partial charge in [-0.3, -0.25) is 23.9 Å². The Balaban J connectivity index is 0.774. The van der Waals surface area contributed by atoms with Crippen LogP contribution in [0.1, 0.15) is 233 Å². The monoisotopic (exact) mass is 1150 g/mol. The number of benzene rings is 1. The molecule has 0 radical (unpaired) electrons. The van der Waals surface area contributed by atoms with E-state index in [1.54, 1.807) is 51.4 Å². The molecule has 3 fully saturated rings. The summed E-state index contributed by atoms with van der Waals surface area (Å²) in [5.41, 5.74) is 1.19. The highest BCUT2D eigenvalue weighted by Gasteiger charge is 2.41. The van der Waals surface area contributed by atoms with Crippen molar-refractivity contribution in [2.75, 3.05) is 25.0 Å². The van der Waals surface area contributed by atoms with Gasteiger partial charge in [-0.15, -0.1) is 11.3 Å². The van der Waals surface area contributed by atoms with Crippen LogP contribution in [0.15, 0.2) is 48.1 Å². The summed E-state index contributed by atoms with van der Waals surface area (Å²) >= 11 is 1.39. The van der Waals surface area contributed by atoms with Crippen LogP contribution in [0, 0.1) is 11.8 Å². The number of aryl methyl sites for hydroxylation is 1. The van der Waals surface area contributed by atoms with Gasteiger partial charge in [0.25, 0.3) is 5.91 Å². The summed E-state index contributed by atoms with van der Waals surface area (Å²) < 4.78 is 20.8. The molecule has 0 spiro atoms. The van der Waals surface area contributed by atoms with Gasteiger partial charge in [0.15, 0.2) is 0 Å². The Kier molecular flexibility index (Phi) is 23.0. The number of nitrogens with zero attached hydrogens (tertiary/aromatic N) is 6. The summed E-state index contributed by atoms with van der Waals surface area (Å²) in [6.07, 6.45) is 20.8. The molecular weight excluding hydrogens is 1060 g/mol. The number of hydrogen-bond acceptors (Lipinski definition) is 13. The van der Waals surface area contributed by atoms with Crippen molar-refractivity contribution in [2.24, 2.45) is 11.8 Å². The van der Waals surface area contributed by atoms with Crippen LogP contribution in [0.3, 0.4) is 0 Å². The number of carbonyl (C=O) groups is 6. The minimum Gasteiger partial charge on any atom is -0.494 e. The smallest absolute Gasteiger partial charge is 0.407 e. The molecule has 2 saturated carbocycles. The number of rotatable bonds is 27. The Labute approximate surface area is 489 Å². The van der Waals surface area contributed by atoms with E-state index in [-0.39, 0.29) is 65.6 Å². The van der Waals surface area contributed by atoms with E-state index in [2.05, 4.69) is 47.1 Å². The number of amides is 5. The Bertz CT molecular complexity index is 2750. The highest BCUT2D eigenvalue weighted by Crippen LogP contribution is 2.39. The zero-order valence-electron chi connectivity index (χ0n) is 50.2. The molecule has 2 aliphatic carbocycles. The molecule has 1 aliphatic heterocycles. The second kappa shape index (κ2) is 29.8. The molecule has 0 unspecified atom stereocenters. The number of aromatic nitrogens is 5. The van der Waals surface area contributed by atoms with E-state index in [0.717, 1.165) is 109 Å². The third kappa shape index (κ3) is 18.9. The molecule has 1 saturated heterocycles. The fourth-order valence-corrected chi connectivity index (χ4v) is 12.1. The third-order valence-electron chi connectivity index (χ3n) is 15.5. The predicted molar refractivity (Wildman–Crippen MR) is 317 cm³/mol. The molecule has 4 heterocycles. The number of ether oxygens (including phenoxy) is 3. The topological polar surface area (TPSA) is 230 Å². The standard InChI is InChI=1S/C62H92N10O9S/c1-41(2)65-60(78)80-48-30-29-44(34-48)49-36-52(72(69-49)61(4,5)6)67-56(75)46-38-64-70(39-46)31-20-15-13-11-10-12-14-16-21-33-79-47-27-22-26-45(35-47)54(73)50-40-82-57(66-50)51-28-23-32-71(51)58(76)53(43-24-18-17-19-25-43)68-55(74)42(3)37-63-59(77)81-62(7,8)9/h22,26-27,35-36,38-44,48,51,53H,10-21,23-25,28-34,37H2,1-9H3,(H,63,77)(H,65,78)(H,67,75)(H,68,74)/t42-,44-,48+,51-,53-/m0/s1. The van der Waals surface area contributed by atoms with Crippen molar-refractivity contribution in [3.63, 3.8) is 0 Å². The molecule has 4 aromatic rings. The quantitative estimate of drug-likeness (QED) is 0.0323. The molecule has 7 rings (SSSR count). The second-order valence-electron chi connectivity index (χ2n) is 25.1. The Morgan fingerprint density at radius 2 is 1.51 bits per heavy atom. The van der Waals surface area contributed by atoms with Gasteiger partial charge < -0.3 is 40.4 Å². The Morgan fingerprint density at radius 3 is 2.22 bits per heavy atom. The minimum absolute atomic E-state index is 0.0108. The van der Waals surface area contributed by atoms with E-state index < -0.39 is 29.7 Å². The highest BCUT2D eigenvalue weighted by molar-refractivity contribution is 7.10. The van der Waals surface area contributed by atoms with Crippen molar-refractivity contribution in [1.82, 2.24) is 45.4 Å². The Hall–Kier alpha value is -6.31. The first-order valence-electron chi connectivity index (χ1n) is 30.3. The lowest BCUT2D eigenvalue weighted by Gasteiger charge is -2.35. The largest absolute Gasteiger partial charge is 0.494 e. The van der Waals surface area contributed by atoms with Gasteiger partial charge in [-0.05, 0) is 131 Å². The fourth-order valence-electron chi connectivity index (χ4n) is 11.2. The maximum Gasteiger partial charge on any atom is 0.407 e. The van der Waals surface area contributed by atoms with Crippen LogP contribution in [0.5, 0.6) is 5.75 Å². The van der Waals surface area contributed by atoms with Crippen molar-refractivity contribution in [2.45, 2.75) is 232 Å². The third-order valence-corrected chi connectivity index (χ3v) is 16.5. The van der Waals surface area contributed by atoms with Crippen molar-refractivity contribution in [3.8, 4) is 5.75 Å². The molecular formula is C62H92N10O9S. The predicted octanol–water partition coefficient (Wildman–Crippen LogP) is 12.0. The normalized spacial score (nSPS) is 18.5.